The van der Waals surface area contributed by atoms with Crippen molar-refractivity contribution in [2.24, 2.45) is 0 Å². The second-order valence-electron chi connectivity index (χ2n) is 12.0. The number of carbonyl (C=O) groups excluding carboxylic acids is 1. The molecule has 14 heteroatoms. The number of hydrogen-bond donors (Lipinski definition) is 1. The summed E-state index contributed by atoms with van der Waals surface area (Å²) >= 11 is 18.1. The van der Waals surface area contributed by atoms with Crippen LogP contribution in [0.2, 0.25) is 0 Å². The van der Waals surface area contributed by atoms with Crippen LogP contribution >= 0.6 is 42.6 Å². The Kier molecular flexibility index (Phi) is 17.7. The van der Waals surface area contributed by atoms with Crippen LogP contribution in [0.3, 0.4) is 0 Å². The Bertz CT molecular complexity index is 1460. The second kappa shape index (κ2) is 21.6. The monoisotopic (exact) mass is 785 g/mol. The molecule has 51 heavy (non-hydrogen) atoms. The number of phosphoric acid groups is 1. The quantitative estimate of drug-likeness (QED) is 0.0644. The molecule has 280 valence electrons. The molecule has 0 radical (unpaired) electrons. The molecule has 5 atom stereocenters. The summed E-state index contributed by atoms with van der Waals surface area (Å²) in [5.74, 6) is -0.975. The fourth-order valence-electron chi connectivity index (χ4n) is 5.18. The van der Waals surface area contributed by atoms with E-state index in [-0.39, 0.29) is 39.6 Å². The van der Waals surface area contributed by atoms with E-state index in [2.05, 4.69) is 5.32 Å². The van der Waals surface area contributed by atoms with Crippen LogP contribution in [0.4, 0.5) is 0 Å². The number of benzene rings is 3. The Hall–Kier alpha value is -2.05. The highest BCUT2D eigenvalue weighted by Crippen LogP contribution is 2.52. The Labute approximate surface area is 315 Å². The summed E-state index contributed by atoms with van der Waals surface area (Å²) in [6, 6.07) is 27.5. The van der Waals surface area contributed by atoms with E-state index in [0.29, 0.717) is 12.8 Å². The number of amides is 1. The molecule has 0 aliphatic carbocycles. The van der Waals surface area contributed by atoms with Crippen molar-refractivity contribution < 1.29 is 41.9 Å². The van der Waals surface area contributed by atoms with Gasteiger partial charge in [0.2, 0.25) is 0 Å². The molecular weight excluding hydrogens is 740 g/mol. The Morgan fingerprint density at radius 2 is 1.22 bits per heavy atom. The van der Waals surface area contributed by atoms with E-state index in [9.17, 15) is 9.36 Å². The van der Waals surface area contributed by atoms with Crippen molar-refractivity contribution in [1.82, 2.24) is 5.32 Å². The van der Waals surface area contributed by atoms with Gasteiger partial charge in [-0.3, -0.25) is 18.4 Å². The van der Waals surface area contributed by atoms with Gasteiger partial charge in [0, 0.05) is 0 Å². The fourth-order valence-corrected chi connectivity index (χ4v) is 6.68. The maximum Gasteiger partial charge on any atom is 0.477 e. The van der Waals surface area contributed by atoms with Gasteiger partial charge < -0.3 is 24.3 Å². The molecule has 1 aliphatic rings. The van der Waals surface area contributed by atoms with Gasteiger partial charge in [-0.25, -0.2) is 4.57 Å². The topological polar surface area (TPSA) is 111 Å². The maximum absolute atomic E-state index is 14.2. The molecule has 10 nitrogen and oxygen atoms in total. The summed E-state index contributed by atoms with van der Waals surface area (Å²) in [7, 11) is -4.27. The smallest absolute Gasteiger partial charge is 0.374 e. The zero-order valence-electron chi connectivity index (χ0n) is 28.9. The predicted molar refractivity (Wildman–Crippen MR) is 197 cm³/mol. The summed E-state index contributed by atoms with van der Waals surface area (Å²) in [5.41, 5.74) is 2.69. The third-order valence-corrected chi connectivity index (χ3v) is 9.87. The lowest BCUT2D eigenvalue weighted by atomic mass is 9.96. The lowest BCUT2D eigenvalue weighted by molar-refractivity contribution is -0.273. The van der Waals surface area contributed by atoms with Crippen LogP contribution in [0.5, 0.6) is 0 Å². The number of phosphoric ester groups is 1. The largest absolute Gasteiger partial charge is 0.477 e. The van der Waals surface area contributed by atoms with Gasteiger partial charge in [-0.05, 0) is 29.5 Å². The van der Waals surface area contributed by atoms with Gasteiger partial charge in [0.15, 0.2) is 6.29 Å². The zero-order chi connectivity index (χ0) is 36.5. The van der Waals surface area contributed by atoms with Gasteiger partial charge in [-0.1, -0.05) is 152 Å². The minimum Gasteiger partial charge on any atom is -0.374 e. The van der Waals surface area contributed by atoms with Crippen molar-refractivity contribution in [3.05, 3.63) is 108 Å². The first kappa shape index (κ1) is 41.7. The number of rotatable bonds is 21. The van der Waals surface area contributed by atoms with E-state index in [1.54, 1.807) is 0 Å². The Morgan fingerprint density at radius 3 is 1.69 bits per heavy atom. The number of ether oxygens (including phenoxy) is 4. The predicted octanol–water partition coefficient (Wildman–Crippen LogP) is 8.71. The molecule has 0 aromatic heterocycles. The highest BCUT2D eigenvalue weighted by Gasteiger charge is 2.52. The molecule has 3 aromatic carbocycles. The van der Waals surface area contributed by atoms with Gasteiger partial charge in [-0.15, -0.1) is 0 Å². The maximum atomic E-state index is 14.2. The lowest BCUT2D eigenvalue weighted by Gasteiger charge is -2.46. The summed E-state index contributed by atoms with van der Waals surface area (Å²) in [6.45, 7) is 4.75. The van der Waals surface area contributed by atoms with Crippen molar-refractivity contribution in [3.8, 4) is 0 Å². The second-order valence-corrected chi connectivity index (χ2v) is 15.9. The van der Waals surface area contributed by atoms with Gasteiger partial charge in [0.05, 0.1) is 39.6 Å². The number of unbranched alkanes of at least 4 members (excludes halogenated alkanes) is 2. The summed E-state index contributed by atoms with van der Waals surface area (Å²) in [6.07, 6.45) is -1.42. The van der Waals surface area contributed by atoms with E-state index in [1.165, 1.54) is 0 Å². The van der Waals surface area contributed by atoms with Crippen LogP contribution < -0.4 is 5.32 Å². The summed E-state index contributed by atoms with van der Waals surface area (Å²) in [5, 5.41) is 2.72. The number of nitrogens with one attached hydrogen (secondary N) is 1. The van der Waals surface area contributed by atoms with Crippen molar-refractivity contribution in [3.63, 3.8) is 0 Å². The highest BCUT2D eigenvalue weighted by molar-refractivity contribution is 7.48. The first-order chi connectivity index (χ1) is 24.6. The van der Waals surface area contributed by atoms with E-state index < -0.39 is 48.2 Å². The molecule has 0 bridgehead atoms. The number of hydrogen-bond acceptors (Lipinski definition) is 9. The molecular formula is C37H47Cl3NO9P. The molecule has 3 aromatic rings. The average Bonchev–Trinajstić information content (AvgIpc) is 3.12. The molecule has 1 amide bonds. The number of carbonyl (C=O) groups is 1. The standard InChI is InChI=1S/C37H47Cl3NO9P/c1-3-5-22-47-51(43,48-23-6-4-2)50-35-32(41-36(42)37(38,39)40)34(46-26-30-20-14-9-15-21-30)33(45-25-29-18-12-8-13-19-29)31(49-35)27-44-24-28-16-10-7-11-17-28/h7-21,31-35H,3-6,22-27H2,1-2H3,(H,41,42)/t31-,32-,33+,34-,35-/m1/s1. The minimum absolute atomic E-state index is 0.0161. The number of alkyl halides is 3. The molecule has 0 spiro atoms. The van der Waals surface area contributed by atoms with Crippen molar-refractivity contribution in [2.75, 3.05) is 19.8 Å². The zero-order valence-corrected chi connectivity index (χ0v) is 32.0. The van der Waals surface area contributed by atoms with E-state index >= 15 is 0 Å². The van der Waals surface area contributed by atoms with Crippen LogP contribution in [0.15, 0.2) is 91.0 Å². The third kappa shape index (κ3) is 14.0. The van der Waals surface area contributed by atoms with Crippen molar-refractivity contribution in [2.45, 2.75) is 93.8 Å². The van der Waals surface area contributed by atoms with Crippen LogP contribution in [0, 0.1) is 0 Å². The van der Waals surface area contributed by atoms with E-state index in [4.69, 9.17) is 67.3 Å². The lowest BCUT2D eigenvalue weighted by Crippen LogP contribution is -2.66. The molecule has 1 fully saturated rings. The molecule has 0 saturated carbocycles. The summed E-state index contributed by atoms with van der Waals surface area (Å²) in [4.78, 5) is 13.3. The van der Waals surface area contributed by atoms with Gasteiger partial charge in [0.1, 0.15) is 24.4 Å². The first-order valence-electron chi connectivity index (χ1n) is 17.1. The average molecular weight is 787 g/mol. The molecule has 0 unspecified atom stereocenters. The molecule has 1 aliphatic heterocycles. The Balaban J connectivity index is 1.73. The molecule has 1 N–H and O–H groups in total. The van der Waals surface area contributed by atoms with E-state index in [0.717, 1.165) is 29.5 Å². The minimum atomic E-state index is -4.27. The van der Waals surface area contributed by atoms with Gasteiger partial charge >= 0.3 is 7.82 Å². The normalized spacial score (nSPS) is 21.0. The highest BCUT2D eigenvalue weighted by atomic mass is 35.6. The van der Waals surface area contributed by atoms with Crippen molar-refractivity contribution in [1.29, 1.82) is 0 Å². The fraction of sp³-hybridized carbons (Fsp3) is 0.486. The van der Waals surface area contributed by atoms with Crippen LogP contribution in [0.1, 0.15) is 56.2 Å². The van der Waals surface area contributed by atoms with Crippen LogP contribution in [-0.2, 0) is 61.7 Å². The van der Waals surface area contributed by atoms with E-state index in [1.807, 2.05) is 105 Å². The first-order valence-corrected chi connectivity index (χ1v) is 19.7. The van der Waals surface area contributed by atoms with Crippen molar-refractivity contribution >= 4 is 48.5 Å². The van der Waals surface area contributed by atoms with Crippen LogP contribution in [-0.4, -0.2) is 60.2 Å². The molecule has 1 heterocycles. The number of halogens is 3. The molecule has 4 rings (SSSR count). The Morgan fingerprint density at radius 1 is 0.745 bits per heavy atom. The van der Waals surface area contributed by atoms with Gasteiger partial charge in [0.25, 0.3) is 9.70 Å². The SMILES string of the molecule is CCCCOP(=O)(OCCCC)O[C@H]1O[C@H](COCc2ccccc2)[C@H](OCc2ccccc2)[C@H](OCc2ccccc2)[C@H]1NC(=O)C(Cl)(Cl)Cl. The van der Waals surface area contributed by atoms with Crippen LogP contribution in [0.25, 0.3) is 0 Å². The molecule has 1 saturated heterocycles. The third-order valence-electron chi connectivity index (χ3n) is 7.89. The summed E-state index contributed by atoms with van der Waals surface area (Å²) < 4.78 is 55.3. The van der Waals surface area contributed by atoms with Gasteiger partial charge in [-0.2, -0.15) is 0 Å².